The van der Waals surface area contributed by atoms with E-state index >= 15 is 0 Å². The Labute approximate surface area is 89.3 Å². The minimum Gasteiger partial charge on any atom is -0.244 e. The van der Waals surface area contributed by atoms with Crippen LogP contribution in [-0.4, -0.2) is 5.67 Å². The monoisotopic (exact) mass is 202 g/mol. The van der Waals surface area contributed by atoms with Crippen LogP contribution in [0, 0.1) is 5.92 Å². The summed E-state index contributed by atoms with van der Waals surface area (Å²) < 4.78 is 12.5. The average Bonchev–Trinajstić information content (AvgIpc) is 2.03. The second-order valence-corrected chi connectivity index (χ2v) is 4.99. The maximum atomic E-state index is 12.5. The molecule has 14 heavy (non-hydrogen) atoms. The highest BCUT2D eigenvalue weighted by Gasteiger charge is 2.37. The summed E-state index contributed by atoms with van der Waals surface area (Å²) in [6, 6.07) is 0. The summed E-state index contributed by atoms with van der Waals surface area (Å²) in [6.45, 7) is 8.25. The normalized spacial score (nSPS) is 30.2. The predicted octanol–water partition coefficient (Wildman–Crippen LogP) is 5.12. The lowest BCUT2D eigenvalue weighted by Gasteiger charge is -2.36. The van der Waals surface area contributed by atoms with Gasteiger partial charge in [0.2, 0.25) is 0 Å². The van der Waals surface area contributed by atoms with Crippen molar-refractivity contribution in [2.75, 3.05) is 0 Å². The zero-order valence-electron chi connectivity index (χ0n) is 10.4. The van der Waals surface area contributed by atoms with Crippen LogP contribution in [0.1, 0.15) is 72.6 Å². The third-order valence-electron chi connectivity index (χ3n) is 2.76. The van der Waals surface area contributed by atoms with Crippen LogP contribution in [-0.2, 0) is 0 Å². The zero-order chi connectivity index (χ0) is 11.0. The number of rotatable bonds is 4. The van der Waals surface area contributed by atoms with E-state index in [1.807, 2.05) is 0 Å². The molecule has 0 aromatic carbocycles. The Balaban J connectivity index is 0.000000241. The van der Waals surface area contributed by atoms with Gasteiger partial charge in [-0.1, -0.05) is 52.9 Å². The molecule has 1 rings (SSSR count). The van der Waals surface area contributed by atoms with Gasteiger partial charge in [0.25, 0.3) is 0 Å². The van der Waals surface area contributed by atoms with Crippen molar-refractivity contribution in [3.05, 3.63) is 0 Å². The second-order valence-electron chi connectivity index (χ2n) is 4.99. The standard InChI is InChI=1S/C7H16.C6H11F/c1-3-5-7-6-4-2;1-5-3-6(2,7)4-5/h3-7H2,1-2H3;5H,3-4H2,1-2H3. The summed E-state index contributed by atoms with van der Waals surface area (Å²) in [6.07, 6.45) is 8.55. The van der Waals surface area contributed by atoms with Gasteiger partial charge in [-0.3, -0.25) is 0 Å². The number of unbranched alkanes of at least 4 members (excludes halogenated alkanes) is 4. The van der Waals surface area contributed by atoms with Crippen LogP contribution in [0.15, 0.2) is 0 Å². The average molecular weight is 202 g/mol. The first-order chi connectivity index (χ1) is 6.52. The van der Waals surface area contributed by atoms with E-state index in [1.165, 1.54) is 32.1 Å². The Bertz CT molecular complexity index is 117. The van der Waals surface area contributed by atoms with E-state index in [0.717, 1.165) is 12.8 Å². The molecule has 1 fully saturated rings. The van der Waals surface area contributed by atoms with Gasteiger partial charge < -0.3 is 0 Å². The molecule has 0 saturated heterocycles. The molecule has 0 amide bonds. The molecule has 1 heteroatoms. The smallest absolute Gasteiger partial charge is 0.108 e. The fourth-order valence-corrected chi connectivity index (χ4v) is 2.07. The summed E-state index contributed by atoms with van der Waals surface area (Å²) in [5.74, 6) is 0.634. The highest BCUT2D eigenvalue weighted by atomic mass is 19.1. The largest absolute Gasteiger partial charge is 0.244 e. The Hall–Kier alpha value is -0.0700. The molecule has 86 valence electrons. The van der Waals surface area contributed by atoms with Crippen LogP contribution in [0.4, 0.5) is 4.39 Å². The van der Waals surface area contributed by atoms with Crippen molar-refractivity contribution < 1.29 is 4.39 Å². The topological polar surface area (TPSA) is 0 Å². The van der Waals surface area contributed by atoms with Gasteiger partial charge in [-0.2, -0.15) is 0 Å². The molecule has 0 heterocycles. The van der Waals surface area contributed by atoms with E-state index in [4.69, 9.17) is 0 Å². The molecule has 0 spiro atoms. The van der Waals surface area contributed by atoms with Crippen LogP contribution >= 0.6 is 0 Å². The minimum atomic E-state index is -0.806. The van der Waals surface area contributed by atoms with Gasteiger partial charge in [-0.05, 0) is 25.7 Å². The van der Waals surface area contributed by atoms with Crippen molar-refractivity contribution in [3.63, 3.8) is 0 Å². The third kappa shape index (κ3) is 7.34. The Morgan fingerprint density at radius 3 is 1.64 bits per heavy atom. The van der Waals surface area contributed by atoms with E-state index in [0.29, 0.717) is 5.92 Å². The van der Waals surface area contributed by atoms with E-state index in [-0.39, 0.29) is 0 Å². The van der Waals surface area contributed by atoms with Crippen molar-refractivity contribution in [2.45, 2.75) is 78.3 Å². The van der Waals surface area contributed by atoms with Crippen molar-refractivity contribution in [3.8, 4) is 0 Å². The van der Waals surface area contributed by atoms with Crippen LogP contribution in [0.2, 0.25) is 0 Å². The molecule has 0 aromatic rings. The third-order valence-corrected chi connectivity index (χ3v) is 2.76. The number of hydrogen-bond donors (Lipinski definition) is 0. The molecule has 0 aliphatic heterocycles. The lowest BCUT2D eigenvalue weighted by atomic mass is 9.75. The molecule has 0 unspecified atom stereocenters. The van der Waals surface area contributed by atoms with Gasteiger partial charge in [0, 0.05) is 0 Å². The molecule has 0 N–H and O–H groups in total. The van der Waals surface area contributed by atoms with Crippen molar-refractivity contribution in [1.82, 2.24) is 0 Å². The number of alkyl halides is 1. The maximum Gasteiger partial charge on any atom is 0.108 e. The molecule has 0 bridgehead atoms. The Morgan fingerprint density at radius 2 is 1.50 bits per heavy atom. The Kier molecular flexibility index (Phi) is 7.22. The van der Waals surface area contributed by atoms with Gasteiger partial charge in [0.15, 0.2) is 0 Å². The van der Waals surface area contributed by atoms with Crippen LogP contribution in [0.5, 0.6) is 0 Å². The minimum absolute atomic E-state index is 0.634. The molecule has 1 aliphatic carbocycles. The SMILES string of the molecule is CC1CC(C)(F)C1.CCCCCCC. The Morgan fingerprint density at radius 1 is 1.07 bits per heavy atom. The van der Waals surface area contributed by atoms with E-state index in [1.54, 1.807) is 6.92 Å². The first-order valence-electron chi connectivity index (χ1n) is 6.20. The van der Waals surface area contributed by atoms with Crippen molar-refractivity contribution in [2.24, 2.45) is 5.92 Å². The lowest BCUT2D eigenvalue weighted by molar-refractivity contribution is 0.0347. The summed E-state index contributed by atoms with van der Waals surface area (Å²) in [5.41, 5.74) is -0.806. The zero-order valence-corrected chi connectivity index (χ0v) is 10.4. The molecule has 0 aromatic heterocycles. The van der Waals surface area contributed by atoms with Crippen LogP contribution in [0.3, 0.4) is 0 Å². The molecule has 0 atom stereocenters. The lowest BCUT2D eigenvalue weighted by Crippen LogP contribution is -2.34. The molecule has 0 nitrogen and oxygen atoms in total. The molecular formula is C13H27F. The summed E-state index contributed by atoms with van der Waals surface area (Å²) >= 11 is 0. The molecular weight excluding hydrogens is 175 g/mol. The predicted molar refractivity (Wildman–Crippen MR) is 62.3 cm³/mol. The van der Waals surface area contributed by atoms with E-state index < -0.39 is 5.67 Å². The number of halogens is 1. The summed E-state index contributed by atoms with van der Waals surface area (Å²) in [7, 11) is 0. The van der Waals surface area contributed by atoms with Gasteiger partial charge in [-0.25, -0.2) is 4.39 Å². The maximum absolute atomic E-state index is 12.5. The number of hydrogen-bond acceptors (Lipinski definition) is 0. The highest BCUT2D eigenvalue weighted by molar-refractivity contribution is 4.87. The first kappa shape index (κ1) is 13.9. The van der Waals surface area contributed by atoms with Gasteiger partial charge in [0.1, 0.15) is 5.67 Å². The van der Waals surface area contributed by atoms with Gasteiger partial charge >= 0.3 is 0 Å². The van der Waals surface area contributed by atoms with Gasteiger partial charge in [-0.15, -0.1) is 0 Å². The van der Waals surface area contributed by atoms with Crippen molar-refractivity contribution in [1.29, 1.82) is 0 Å². The first-order valence-corrected chi connectivity index (χ1v) is 6.20. The molecule has 1 saturated carbocycles. The second kappa shape index (κ2) is 7.25. The fourth-order valence-electron chi connectivity index (χ4n) is 2.07. The summed E-state index contributed by atoms with van der Waals surface area (Å²) in [5, 5.41) is 0. The quantitative estimate of drug-likeness (QED) is 0.555. The van der Waals surface area contributed by atoms with Gasteiger partial charge in [0.05, 0.1) is 0 Å². The van der Waals surface area contributed by atoms with Crippen LogP contribution < -0.4 is 0 Å². The van der Waals surface area contributed by atoms with Crippen LogP contribution in [0.25, 0.3) is 0 Å². The summed E-state index contributed by atoms with van der Waals surface area (Å²) in [4.78, 5) is 0. The molecule has 0 radical (unpaired) electrons. The van der Waals surface area contributed by atoms with Crippen molar-refractivity contribution >= 4 is 0 Å². The fraction of sp³-hybridized carbons (Fsp3) is 1.00. The van der Waals surface area contributed by atoms with E-state index in [2.05, 4.69) is 20.8 Å². The van der Waals surface area contributed by atoms with E-state index in [9.17, 15) is 4.39 Å². The molecule has 1 aliphatic rings. The highest BCUT2D eigenvalue weighted by Crippen LogP contribution is 2.39.